The number of hydrogen-bond donors (Lipinski definition) is 4. The molecule has 2 bridgehead atoms. The molecule has 6 atom stereocenters. The number of benzene rings is 2. The number of aromatic nitrogens is 4. The second-order valence-corrected chi connectivity index (χ2v) is 19.6. The van der Waals surface area contributed by atoms with Gasteiger partial charge in [-0.05, 0) is 74.8 Å². The molecule has 2 radical (unpaired) electrons. The van der Waals surface area contributed by atoms with E-state index in [1.807, 2.05) is 74.2 Å². The van der Waals surface area contributed by atoms with Crippen LogP contribution in [-0.4, -0.2) is 115 Å². The highest BCUT2D eigenvalue weighted by Gasteiger charge is 2.55. The van der Waals surface area contributed by atoms with E-state index in [1.54, 1.807) is 35.9 Å². The zero-order valence-electron chi connectivity index (χ0n) is 35.7. The molecule has 5 aromatic rings. The average molecular weight is 868 g/mol. The summed E-state index contributed by atoms with van der Waals surface area (Å²) in [6.45, 7) is 8.72. The SMILES string of the molecule is [B]C(C)(NC(=O)[C@@H]1C[C@@H](O)CN1C(=O)C(c1cc(N2C[C@@H]3C[C@H]2CN3C(=O)C2CC3(Cc4cc(-c5ccccc5O)nnc4N3)C2)no1)C(C)C)c1ccc(-c2scnc2C)cc1. The molecule has 15 nitrogen and oxygen atoms in total. The van der Waals surface area contributed by atoms with Crippen molar-refractivity contribution in [1.29, 1.82) is 0 Å². The van der Waals surface area contributed by atoms with E-state index in [9.17, 15) is 24.6 Å². The monoisotopic (exact) mass is 867 g/mol. The Kier molecular flexibility index (Phi) is 10.1. The van der Waals surface area contributed by atoms with E-state index in [1.165, 1.54) is 4.90 Å². The number of amides is 3. The molecule has 4 N–H and O–H groups in total. The van der Waals surface area contributed by atoms with Crippen molar-refractivity contribution in [1.82, 2.24) is 35.5 Å². The number of phenols is 1. The van der Waals surface area contributed by atoms with Gasteiger partial charge in [0.15, 0.2) is 17.4 Å². The summed E-state index contributed by atoms with van der Waals surface area (Å²) in [6.07, 6.45) is 2.21. The number of aliphatic hydroxyl groups is 1. The molecule has 324 valence electrons. The molecule has 63 heavy (non-hydrogen) atoms. The van der Waals surface area contributed by atoms with Gasteiger partial charge in [0.25, 0.3) is 0 Å². The van der Waals surface area contributed by atoms with Crippen LogP contribution in [0.15, 0.2) is 70.7 Å². The number of phenolic OH excluding ortho intramolecular Hbond substituents is 1. The first-order valence-electron chi connectivity index (χ1n) is 21.7. The number of fused-ring (bicyclic) bond motifs is 3. The first kappa shape index (κ1) is 41.2. The lowest BCUT2D eigenvalue weighted by Crippen LogP contribution is -2.57. The van der Waals surface area contributed by atoms with Gasteiger partial charge < -0.3 is 40.1 Å². The van der Waals surface area contributed by atoms with Gasteiger partial charge >= 0.3 is 0 Å². The minimum atomic E-state index is -1.25. The number of hydrogen-bond acceptors (Lipinski definition) is 13. The van der Waals surface area contributed by atoms with Gasteiger partial charge in [-0.25, -0.2) is 4.98 Å². The van der Waals surface area contributed by atoms with E-state index < -0.39 is 29.4 Å². The zero-order valence-corrected chi connectivity index (χ0v) is 36.5. The molecule has 2 aromatic carbocycles. The number of aryl methyl sites for hydroxylation is 1. The zero-order chi connectivity index (χ0) is 43.9. The Morgan fingerprint density at radius 2 is 1.79 bits per heavy atom. The van der Waals surface area contributed by atoms with Crippen LogP contribution < -0.4 is 15.5 Å². The third-order valence-electron chi connectivity index (χ3n) is 13.9. The molecular weight excluding hydrogens is 817 g/mol. The Bertz CT molecular complexity index is 2590. The second-order valence-electron chi connectivity index (χ2n) is 18.7. The van der Waals surface area contributed by atoms with Gasteiger partial charge in [0.2, 0.25) is 17.7 Å². The van der Waals surface area contributed by atoms with Crippen molar-refractivity contribution >= 4 is 48.5 Å². The fourth-order valence-corrected chi connectivity index (χ4v) is 11.5. The van der Waals surface area contributed by atoms with Gasteiger partial charge in [0.1, 0.15) is 25.6 Å². The molecule has 1 aliphatic carbocycles. The standard InChI is InChI=1S/C46H50BN9O6S/c1-24(2)39(44(61)56-22-32(57)15-35(56)42(59)50-45(4,47)29-11-9-26(10-12-29)40-25(3)48-23-63-40)37-16-38(53-62-37)54-20-31-14-30(54)21-55(31)43(60)28-18-46(19-28)17-27-13-34(51-52-41(27)49-46)33-7-5-6-8-36(33)58/h5-13,16,23-24,28,30-32,35,39,57-58H,14-15,17-22H2,1-4H3,(H,49,52)(H,50,59)/t28?,30-,31-,32+,35-,39?,45?,46?/m0/s1. The Balaban J connectivity index is 0.759. The van der Waals surface area contributed by atoms with E-state index in [2.05, 4.69) is 35.9 Å². The number of carbonyl (C=O) groups excluding carboxylic acids is 3. The first-order valence-corrected chi connectivity index (χ1v) is 22.6. The Hall–Kier alpha value is -5.81. The third kappa shape index (κ3) is 7.32. The Morgan fingerprint density at radius 1 is 1.02 bits per heavy atom. The maximum atomic E-state index is 14.4. The molecule has 17 heteroatoms. The number of aromatic hydroxyl groups is 1. The van der Waals surface area contributed by atoms with Crippen LogP contribution in [0.2, 0.25) is 0 Å². The third-order valence-corrected chi connectivity index (χ3v) is 14.9. The number of rotatable bonds is 10. The summed E-state index contributed by atoms with van der Waals surface area (Å²) >= 11 is 1.56. The largest absolute Gasteiger partial charge is 0.507 e. The van der Waals surface area contributed by atoms with E-state index in [0.29, 0.717) is 54.3 Å². The minimum Gasteiger partial charge on any atom is -0.507 e. The number of likely N-dealkylation sites (tertiary alicyclic amines) is 2. The fourth-order valence-electron chi connectivity index (χ4n) is 10.6. The molecular formula is C46H50BN9O6S. The van der Waals surface area contributed by atoms with E-state index in [0.717, 1.165) is 40.4 Å². The number of thiazole rings is 1. The molecule has 1 spiro atoms. The molecule has 3 saturated heterocycles. The molecule has 7 heterocycles. The quantitative estimate of drug-likeness (QED) is 0.142. The van der Waals surface area contributed by atoms with E-state index >= 15 is 0 Å². The Morgan fingerprint density at radius 3 is 2.49 bits per heavy atom. The number of carbonyl (C=O) groups is 3. The molecule has 1 saturated carbocycles. The van der Waals surface area contributed by atoms with Crippen molar-refractivity contribution < 1.29 is 29.1 Å². The maximum absolute atomic E-state index is 14.4. The smallest absolute Gasteiger partial charge is 0.242 e. The molecule has 3 amide bonds. The highest BCUT2D eigenvalue weighted by atomic mass is 32.1. The van der Waals surface area contributed by atoms with Crippen LogP contribution >= 0.6 is 11.3 Å². The van der Waals surface area contributed by atoms with Crippen LogP contribution in [0.4, 0.5) is 11.6 Å². The van der Waals surface area contributed by atoms with Crippen LogP contribution in [0.25, 0.3) is 21.7 Å². The Labute approximate surface area is 370 Å². The van der Waals surface area contributed by atoms with Gasteiger partial charge in [-0.1, -0.05) is 55.4 Å². The van der Waals surface area contributed by atoms with E-state index in [4.69, 9.17) is 12.4 Å². The summed E-state index contributed by atoms with van der Waals surface area (Å²) in [5.74, 6) is 0.278. The number of nitrogens with one attached hydrogen (secondary N) is 2. The van der Waals surface area contributed by atoms with Gasteiger partial charge in [-0.2, -0.15) is 0 Å². The number of aliphatic hydroxyl groups excluding tert-OH is 1. The number of nitrogens with zero attached hydrogens (tertiary/aromatic N) is 7. The van der Waals surface area contributed by atoms with Crippen LogP contribution in [-0.2, 0) is 26.2 Å². The van der Waals surface area contributed by atoms with Gasteiger partial charge in [-0.3, -0.25) is 14.4 Å². The number of para-hydroxylation sites is 1. The highest BCUT2D eigenvalue weighted by molar-refractivity contribution is 7.13. The lowest BCUT2D eigenvalue weighted by atomic mass is 9.66. The van der Waals surface area contributed by atoms with Crippen molar-refractivity contribution in [2.24, 2.45) is 11.8 Å². The van der Waals surface area contributed by atoms with Crippen molar-refractivity contribution in [3.8, 4) is 27.4 Å². The second kappa shape index (κ2) is 15.5. The summed E-state index contributed by atoms with van der Waals surface area (Å²) in [5.41, 5.74) is 5.28. The highest BCUT2D eigenvalue weighted by Crippen LogP contribution is 2.50. The van der Waals surface area contributed by atoms with Crippen molar-refractivity contribution in [2.75, 3.05) is 29.9 Å². The lowest BCUT2D eigenvalue weighted by Gasteiger charge is -2.47. The molecule has 4 aliphatic heterocycles. The van der Waals surface area contributed by atoms with Crippen molar-refractivity contribution in [3.63, 3.8) is 0 Å². The minimum absolute atomic E-state index is 0.00481. The van der Waals surface area contributed by atoms with Gasteiger partial charge in [0.05, 0.1) is 40.0 Å². The van der Waals surface area contributed by atoms with Crippen molar-refractivity contribution in [2.45, 2.75) is 101 Å². The molecule has 3 aromatic heterocycles. The number of anilines is 2. The van der Waals surface area contributed by atoms with Crippen LogP contribution in [0.1, 0.15) is 75.0 Å². The summed E-state index contributed by atoms with van der Waals surface area (Å²) in [5, 5.41) is 40.8. The topological polar surface area (TPSA) is 190 Å². The average Bonchev–Trinajstić information content (AvgIpc) is 4.11. The molecule has 5 aliphatic rings. The van der Waals surface area contributed by atoms with Gasteiger partial charge in [-0.15, -0.1) is 21.5 Å². The number of β-amino-alcohol motifs (C(OH)–C–C–N with tert-alkyl or cyclic N) is 1. The summed E-state index contributed by atoms with van der Waals surface area (Å²) < 4.78 is 5.92. The predicted octanol–water partition coefficient (Wildman–Crippen LogP) is 4.73. The van der Waals surface area contributed by atoms with Crippen LogP contribution in [0, 0.1) is 18.8 Å². The summed E-state index contributed by atoms with van der Waals surface area (Å²) in [7, 11) is 6.69. The van der Waals surface area contributed by atoms with Crippen LogP contribution in [0.3, 0.4) is 0 Å². The molecule has 10 rings (SSSR count). The number of piperazine rings is 1. The normalized spacial score (nSPS) is 26.1. The van der Waals surface area contributed by atoms with Crippen LogP contribution in [0.5, 0.6) is 5.75 Å². The molecule has 4 fully saturated rings. The van der Waals surface area contributed by atoms with E-state index in [-0.39, 0.29) is 60.0 Å². The summed E-state index contributed by atoms with van der Waals surface area (Å²) in [4.78, 5) is 53.3. The molecule has 2 unspecified atom stereocenters. The summed E-state index contributed by atoms with van der Waals surface area (Å²) in [6, 6.07) is 17.7. The van der Waals surface area contributed by atoms with Gasteiger partial charge in [0, 0.05) is 60.1 Å². The fraction of sp³-hybridized carbons (Fsp3) is 0.457. The maximum Gasteiger partial charge on any atom is 0.242 e. The lowest BCUT2D eigenvalue weighted by molar-refractivity contribution is -0.141. The van der Waals surface area contributed by atoms with Crippen molar-refractivity contribution in [3.05, 3.63) is 88.8 Å². The predicted molar refractivity (Wildman–Crippen MR) is 237 cm³/mol. The first-order chi connectivity index (χ1) is 30.2.